The van der Waals surface area contributed by atoms with Crippen molar-refractivity contribution in [2.24, 2.45) is 5.41 Å². The van der Waals surface area contributed by atoms with Crippen LogP contribution in [0.3, 0.4) is 0 Å². The van der Waals surface area contributed by atoms with Crippen molar-refractivity contribution in [1.29, 1.82) is 0 Å². The Morgan fingerprint density at radius 1 is 0.815 bits per heavy atom. The minimum Gasteiger partial charge on any atom is -0.466 e. The molecule has 0 bridgehead atoms. The lowest BCUT2D eigenvalue weighted by atomic mass is 9.59. The van der Waals surface area contributed by atoms with E-state index in [0.29, 0.717) is 0 Å². The summed E-state index contributed by atoms with van der Waals surface area (Å²) in [5.74, 6) is -2.05. The minimum atomic E-state index is -1.89. The zero-order valence-corrected chi connectivity index (χ0v) is 17.4. The van der Waals surface area contributed by atoms with Crippen LogP contribution in [0.4, 0.5) is 4.79 Å². The molecule has 1 aliphatic heterocycles. The highest BCUT2D eigenvalue weighted by Crippen LogP contribution is 2.52. The summed E-state index contributed by atoms with van der Waals surface area (Å²) in [7, 11) is 3.17. The molecular formula is C17H32N2O8. The van der Waals surface area contributed by atoms with Crippen LogP contribution < -0.4 is 0 Å². The van der Waals surface area contributed by atoms with E-state index in [9.17, 15) is 24.6 Å². The quantitative estimate of drug-likeness (QED) is 0.564. The summed E-state index contributed by atoms with van der Waals surface area (Å²) in [4.78, 5) is 38.6. The molecule has 1 aliphatic rings. The van der Waals surface area contributed by atoms with Crippen LogP contribution in [0.15, 0.2) is 0 Å². The van der Waals surface area contributed by atoms with Gasteiger partial charge in [0.15, 0.2) is 0 Å². The molecule has 1 saturated heterocycles. The van der Waals surface area contributed by atoms with Gasteiger partial charge in [0.1, 0.15) is 0 Å². The number of esters is 2. The SMILES string of the molecule is CO.COC(=O)C(O)N1C(=O)N(C(O)C(=O)OC)C(C)(C)C(C)(C)C1(C)C. The van der Waals surface area contributed by atoms with E-state index in [4.69, 9.17) is 5.11 Å². The Bertz CT molecular complexity index is 527. The third-order valence-corrected chi connectivity index (χ3v) is 5.99. The number of aliphatic hydroxyl groups excluding tert-OH is 3. The maximum absolute atomic E-state index is 13.1. The highest BCUT2D eigenvalue weighted by Gasteiger charge is 2.64. The summed E-state index contributed by atoms with van der Waals surface area (Å²) in [5, 5.41) is 27.7. The van der Waals surface area contributed by atoms with Gasteiger partial charge in [-0.1, -0.05) is 13.8 Å². The monoisotopic (exact) mass is 392 g/mol. The van der Waals surface area contributed by atoms with Crippen LogP contribution in [-0.2, 0) is 19.1 Å². The van der Waals surface area contributed by atoms with Gasteiger partial charge in [-0.15, -0.1) is 0 Å². The van der Waals surface area contributed by atoms with E-state index in [2.05, 4.69) is 9.47 Å². The molecule has 0 radical (unpaired) electrons. The van der Waals surface area contributed by atoms with E-state index < -0.39 is 46.9 Å². The van der Waals surface area contributed by atoms with Crippen molar-refractivity contribution in [1.82, 2.24) is 9.80 Å². The van der Waals surface area contributed by atoms with Crippen molar-refractivity contribution in [3.63, 3.8) is 0 Å². The van der Waals surface area contributed by atoms with Gasteiger partial charge in [-0.2, -0.15) is 0 Å². The molecule has 1 rings (SSSR count). The fourth-order valence-electron chi connectivity index (χ4n) is 3.19. The number of hydrogen-bond acceptors (Lipinski definition) is 8. The Labute approximate surface area is 159 Å². The van der Waals surface area contributed by atoms with Gasteiger partial charge >= 0.3 is 18.0 Å². The molecule has 3 N–H and O–H groups in total. The third kappa shape index (κ3) is 3.74. The molecule has 2 unspecified atom stereocenters. The Morgan fingerprint density at radius 2 is 1.07 bits per heavy atom. The molecule has 10 heteroatoms. The van der Waals surface area contributed by atoms with Crippen LogP contribution in [0.5, 0.6) is 0 Å². The van der Waals surface area contributed by atoms with Crippen LogP contribution >= 0.6 is 0 Å². The fraction of sp³-hybridized carbons (Fsp3) is 0.824. The number of nitrogens with zero attached hydrogens (tertiary/aromatic N) is 2. The van der Waals surface area contributed by atoms with Gasteiger partial charge in [-0.3, -0.25) is 9.80 Å². The van der Waals surface area contributed by atoms with Crippen molar-refractivity contribution in [3.8, 4) is 0 Å². The molecule has 0 aromatic heterocycles. The first kappa shape index (κ1) is 25.1. The average Bonchev–Trinajstić information content (AvgIpc) is 2.60. The summed E-state index contributed by atoms with van der Waals surface area (Å²) in [5.41, 5.74) is -2.82. The minimum absolute atomic E-state index is 0.780. The molecule has 0 aliphatic carbocycles. The zero-order chi connectivity index (χ0) is 22.0. The van der Waals surface area contributed by atoms with E-state index in [1.165, 1.54) is 0 Å². The second-order valence-electron chi connectivity index (χ2n) is 7.56. The number of carbonyl (C=O) groups is 3. The van der Waals surface area contributed by atoms with Crippen LogP contribution in [-0.4, -0.2) is 88.0 Å². The van der Waals surface area contributed by atoms with E-state index in [1.54, 1.807) is 27.7 Å². The van der Waals surface area contributed by atoms with E-state index in [-0.39, 0.29) is 0 Å². The predicted octanol–water partition coefficient (Wildman–Crippen LogP) is -0.101. The summed E-state index contributed by atoms with van der Waals surface area (Å²) in [6.45, 7) is 10.4. The van der Waals surface area contributed by atoms with Crippen LogP contribution in [0.25, 0.3) is 0 Å². The van der Waals surface area contributed by atoms with Crippen molar-refractivity contribution < 1.29 is 39.2 Å². The number of aliphatic hydroxyl groups is 3. The van der Waals surface area contributed by atoms with Crippen molar-refractivity contribution >= 4 is 18.0 Å². The van der Waals surface area contributed by atoms with E-state index >= 15 is 0 Å². The van der Waals surface area contributed by atoms with E-state index in [1.807, 2.05) is 13.8 Å². The maximum atomic E-state index is 13.1. The number of hydrogen-bond donors (Lipinski definition) is 3. The Balaban J connectivity index is 0.00000326. The number of carbonyl (C=O) groups excluding carboxylic acids is 3. The Morgan fingerprint density at radius 3 is 1.30 bits per heavy atom. The summed E-state index contributed by atoms with van der Waals surface area (Å²) in [6, 6.07) is -0.884. The lowest BCUT2D eigenvalue weighted by molar-refractivity contribution is -0.206. The molecule has 2 atom stereocenters. The Kier molecular flexibility index (Phi) is 7.81. The van der Waals surface area contributed by atoms with Gasteiger partial charge in [0.2, 0.25) is 12.5 Å². The van der Waals surface area contributed by atoms with Crippen molar-refractivity contribution in [2.75, 3.05) is 21.3 Å². The second kappa shape index (κ2) is 8.41. The molecule has 158 valence electrons. The molecule has 0 spiro atoms. The summed E-state index contributed by atoms with van der Waals surface area (Å²) >= 11 is 0. The molecule has 27 heavy (non-hydrogen) atoms. The van der Waals surface area contributed by atoms with Gasteiger partial charge in [0, 0.05) is 23.6 Å². The second-order valence-corrected chi connectivity index (χ2v) is 7.56. The predicted molar refractivity (Wildman–Crippen MR) is 95.2 cm³/mol. The van der Waals surface area contributed by atoms with Crippen molar-refractivity contribution in [3.05, 3.63) is 0 Å². The highest BCUT2D eigenvalue weighted by molar-refractivity contribution is 5.88. The molecule has 0 aromatic rings. The Hall–Kier alpha value is -1.91. The van der Waals surface area contributed by atoms with Crippen LogP contribution in [0, 0.1) is 5.41 Å². The molecule has 0 saturated carbocycles. The van der Waals surface area contributed by atoms with Crippen LogP contribution in [0.2, 0.25) is 0 Å². The van der Waals surface area contributed by atoms with Gasteiger partial charge in [0.25, 0.3) is 0 Å². The number of rotatable bonds is 4. The van der Waals surface area contributed by atoms with Gasteiger partial charge < -0.3 is 24.8 Å². The number of urea groups is 1. The third-order valence-electron chi connectivity index (χ3n) is 5.99. The van der Waals surface area contributed by atoms with Crippen LogP contribution in [0.1, 0.15) is 41.5 Å². The smallest absolute Gasteiger partial charge is 0.356 e. The number of methoxy groups -OCH3 is 2. The van der Waals surface area contributed by atoms with Gasteiger partial charge in [0.05, 0.1) is 14.2 Å². The summed E-state index contributed by atoms with van der Waals surface area (Å²) < 4.78 is 9.07. The summed E-state index contributed by atoms with van der Waals surface area (Å²) in [6.07, 6.45) is -3.79. The van der Waals surface area contributed by atoms with Crippen molar-refractivity contribution in [2.45, 2.75) is 65.1 Å². The normalized spacial score (nSPS) is 22.1. The van der Waals surface area contributed by atoms with Gasteiger partial charge in [-0.25, -0.2) is 14.4 Å². The largest absolute Gasteiger partial charge is 0.466 e. The standard InChI is InChI=1S/C16H28N2O7.CH4O/c1-14(2)15(3,4)17(9(19)11(21)24-7)13(23)18(16(14,5)6)10(20)12(22)25-8;1-2/h9-10,19-20H,1-8H3;2H,1H3. The molecule has 10 nitrogen and oxygen atoms in total. The molecular weight excluding hydrogens is 360 g/mol. The zero-order valence-electron chi connectivity index (χ0n) is 17.4. The lowest BCUT2D eigenvalue weighted by Gasteiger charge is -2.65. The maximum Gasteiger partial charge on any atom is 0.356 e. The average molecular weight is 392 g/mol. The topological polar surface area (TPSA) is 137 Å². The number of amides is 2. The molecule has 2 amide bonds. The first-order valence-electron chi connectivity index (χ1n) is 8.29. The van der Waals surface area contributed by atoms with Gasteiger partial charge in [-0.05, 0) is 27.7 Å². The molecule has 1 fully saturated rings. The highest BCUT2D eigenvalue weighted by atomic mass is 16.5. The lowest BCUT2D eigenvalue weighted by Crippen LogP contribution is -2.80. The molecule has 1 heterocycles. The van der Waals surface area contributed by atoms with E-state index in [0.717, 1.165) is 31.1 Å². The first-order valence-corrected chi connectivity index (χ1v) is 8.29. The fourth-order valence-corrected chi connectivity index (χ4v) is 3.19. The molecule has 0 aromatic carbocycles. The first-order chi connectivity index (χ1) is 12.2. The number of ether oxygens (including phenoxy) is 2.